The molecule has 9 aromatic rings. The van der Waals surface area contributed by atoms with Crippen LogP contribution >= 0.6 is 0 Å². The van der Waals surface area contributed by atoms with Gasteiger partial charge in [-0.25, -0.2) is 0 Å². The van der Waals surface area contributed by atoms with Crippen molar-refractivity contribution in [3.8, 4) is 33.4 Å². The predicted molar refractivity (Wildman–Crippen MR) is 183 cm³/mol. The fraction of sp³-hybridized carbons (Fsp3) is 0. The van der Waals surface area contributed by atoms with Gasteiger partial charge < -0.3 is 4.42 Å². The van der Waals surface area contributed by atoms with E-state index < -0.39 is 0 Å². The number of fused-ring (bicyclic) bond motifs is 9. The molecule has 0 radical (unpaired) electrons. The van der Waals surface area contributed by atoms with Crippen molar-refractivity contribution >= 4 is 54.3 Å². The van der Waals surface area contributed by atoms with E-state index >= 15 is 0 Å². The fourth-order valence-electron chi connectivity index (χ4n) is 6.96. The molecule has 1 aromatic heterocycles. The highest BCUT2D eigenvalue weighted by atomic mass is 16.3. The Hall–Kier alpha value is -5.66. The van der Waals surface area contributed by atoms with Gasteiger partial charge in [0.25, 0.3) is 0 Å². The first-order valence-electron chi connectivity index (χ1n) is 14.8. The second kappa shape index (κ2) is 9.44. The second-order valence-electron chi connectivity index (χ2n) is 11.2. The van der Waals surface area contributed by atoms with Crippen molar-refractivity contribution < 1.29 is 4.42 Å². The van der Waals surface area contributed by atoms with Crippen LogP contribution in [0.4, 0.5) is 0 Å². The molecule has 1 nitrogen and oxygen atoms in total. The largest absolute Gasteiger partial charge is 0.455 e. The van der Waals surface area contributed by atoms with Crippen LogP contribution in [0.5, 0.6) is 0 Å². The van der Waals surface area contributed by atoms with Gasteiger partial charge in [0, 0.05) is 16.3 Å². The number of para-hydroxylation sites is 2. The third kappa shape index (κ3) is 3.65. The minimum atomic E-state index is 0.915. The molecule has 0 aliphatic heterocycles. The standard InChI is InChI=1S/C42H26O/c1-2-13-27(14-3-1)38-25-28(26-39-33-19-7-6-17-31(33)32-18-8-9-21-35(32)41(38)39)29-15-4-5-16-30(29)36-22-12-23-37-34-20-10-11-24-40(34)43-42(36)37/h1-26H. The van der Waals surface area contributed by atoms with Crippen LogP contribution in [-0.2, 0) is 0 Å². The zero-order valence-corrected chi connectivity index (χ0v) is 23.4. The van der Waals surface area contributed by atoms with E-state index in [2.05, 4.69) is 152 Å². The predicted octanol–water partition coefficient (Wildman–Crippen LogP) is 12.0. The minimum absolute atomic E-state index is 0.915. The molecular formula is C42H26O. The summed E-state index contributed by atoms with van der Waals surface area (Å²) in [5, 5.41) is 9.96. The van der Waals surface area contributed by atoms with Gasteiger partial charge in [-0.15, -0.1) is 0 Å². The lowest BCUT2D eigenvalue weighted by atomic mass is 9.85. The van der Waals surface area contributed by atoms with Crippen LogP contribution in [-0.4, -0.2) is 0 Å². The van der Waals surface area contributed by atoms with Crippen LogP contribution in [0.2, 0.25) is 0 Å². The Morgan fingerprint density at radius 3 is 1.65 bits per heavy atom. The smallest absolute Gasteiger partial charge is 0.143 e. The van der Waals surface area contributed by atoms with Gasteiger partial charge in [0.15, 0.2) is 0 Å². The van der Waals surface area contributed by atoms with Crippen molar-refractivity contribution in [2.24, 2.45) is 0 Å². The Bertz CT molecular complexity index is 2500. The molecule has 200 valence electrons. The molecule has 0 saturated heterocycles. The van der Waals surface area contributed by atoms with Gasteiger partial charge in [-0.3, -0.25) is 0 Å². The average molecular weight is 547 g/mol. The highest BCUT2D eigenvalue weighted by Crippen LogP contribution is 2.45. The van der Waals surface area contributed by atoms with Crippen molar-refractivity contribution in [1.29, 1.82) is 0 Å². The monoisotopic (exact) mass is 546 g/mol. The van der Waals surface area contributed by atoms with Gasteiger partial charge >= 0.3 is 0 Å². The lowest BCUT2D eigenvalue weighted by Gasteiger charge is -2.18. The van der Waals surface area contributed by atoms with Gasteiger partial charge in [0.2, 0.25) is 0 Å². The molecule has 0 saturated carbocycles. The van der Waals surface area contributed by atoms with E-state index in [1.54, 1.807) is 0 Å². The van der Waals surface area contributed by atoms with Gasteiger partial charge in [0.05, 0.1) is 0 Å². The van der Waals surface area contributed by atoms with Crippen molar-refractivity contribution in [1.82, 2.24) is 0 Å². The summed E-state index contributed by atoms with van der Waals surface area (Å²) in [6, 6.07) is 56.8. The van der Waals surface area contributed by atoms with Crippen molar-refractivity contribution in [3.63, 3.8) is 0 Å². The number of benzene rings is 8. The number of furan rings is 1. The second-order valence-corrected chi connectivity index (χ2v) is 11.2. The molecule has 43 heavy (non-hydrogen) atoms. The Labute approximate surface area is 249 Å². The van der Waals surface area contributed by atoms with Crippen LogP contribution in [0.15, 0.2) is 162 Å². The maximum Gasteiger partial charge on any atom is 0.143 e. The summed E-state index contributed by atoms with van der Waals surface area (Å²) in [5.74, 6) is 0. The molecule has 9 rings (SSSR count). The summed E-state index contributed by atoms with van der Waals surface area (Å²) in [7, 11) is 0. The van der Waals surface area contributed by atoms with Gasteiger partial charge in [-0.2, -0.15) is 0 Å². The molecule has 0 spiro atoms. The summed E-state index contributed by atoms with van der Waals surface area (Å²) in [6.45, 7) is 0. The van der Waals surface area contributed by atoms with Crippen molar-refractivity contribution in [2.75, 3.05) is 0 Å². The van der Waals surface area contributed by atoms with E-state index in [4.69, 9.17) is 4.42 Å². The molecule has 0 atom stereocenters. The van der Waals surface area contributed by atoms with Crippen LogP contribution in [0.1, 0.15) is 0 Å². The van der Waals surface area contributed by atoms with E-state index in [9.17, 15) is 0 Å². The molecule has 0 unspecified atom stereocenters. The number of rotatable bonds is 3. The zero-order chi connectivity index (χ0) is 28.3. The fourth-order valence-corrected chi connectivity index (χ4v) is 6.96. The van der Waals surface area contributed by atoms with E-state index in [1.807, 2.05) is 6.07 Å². The first-order valence-corrected chi connectivity index (χ1v) is 14.8. The molecule has 1 heteroatoms. The average Bonchev–Trinajstić information content (AvgIpc) is 3.47. The molecule has 0 amide bonds. The maximum atomic E-state index is 6.50. The van der Waals surface area contributed by atoms with E-state index in [1.165, 1.54) is 54.6 Å². The van der Waals surface area contributed by atoms with E-state index in [0.29, 0.717) is 0 Å². The van der Waals surface area contributed by atoms with Crippen molar-refractivity contribution in [2.45, 2.75) is 0 Å². The van der Waals surface area contributed by atoms with Crippen molar-refractivity contribution in [3.05, 3.63) is 158 Å². The number of hydrogen-bond acceptors (Lipinski definition) is 1. The summed E-state index contributed by atoms with van der Waals surface area (Å²) >= 11 is 0. The summed E-state index contributed by atoms with van der Waals surface area (Å²) in [5.41, 5.74) is 8.94. The van der Waals surface area contributed by atoms with Crippen LogP contribution < -0.4 is 0 Å². The molecule has 0 bridgehead atoms. The Morgan fingerprint density at radius 1 is 0.302 bits per heavy atom. The van der Waals surface area contributed by atoms with E-state index in [0.717, 1.165) is 33.1 Å². The molecular weight excluding hydrogens is 520 g/mol. The van der Waals surface area contributed by atoms with Crippen LogP contribution in [0.3, 0.4) is 0 Å². The highest BCUT2D eigenvalue weighted by Gasteiger charge is 2.18. The topological polar surface area (TPSA) is 13.1 Å². The lowest BCUT2D eigenvalue weighted by molar-refractivity contribution is 0.670. The minimum Gasteiger partial charge on any atom is -0.455 e. The Kier molecular flexibility index (Phi) is 5.27. The molecule has 0 aliphatic carbocycles. The molecule has 8 aromatic carbocycles. The van der Waals surface area contributed by atoms with Gasteiger partial charge in [-0.1, -0.05) is 140 Å². The lowest BCUT2D eigenvalue weighted by Crippen LogP contribution is -1.91. The van der Waals surface area contributed by atoms with Crippen LogP contribution in [0.25, 0.3) is 87.6 Å². The summed E-state index contributed by atoms with van der Waals surface area (Å²) < 4.78 is 6.50. The van der Waals surface area contributed by atoms with E-state index in [-0.39, 0.29) is 0 Å². The summed E-state index contributed by atoms with van der Waals surface area (Å²) in [6.07, 6.45) is 0. The van der Waals surface area contributed by atoms with Crippen LogP contribution in [0, 0.1) is 0 Å². The van der Waals surface area contributed by atoms with Gasteiger partial charge in [0.1, 0.15) is 11.2 Å². The molecule has 0 aliphatic rings. The highest BCUT2D eigenvalue weighted by molar-refractivity contribution is 6.29. The Balaban J connectivity index is 1.40. The SMILES string of the molecule is c1ccc(-c2cc(-c3ccccc3-c3cccc4c3oc3ccccc34)cc3c4ccccc4c4ccccc4c23)cc1. The Morgan fingerprint density at radius 2 is 0.860 bits per heavy atom. The zero-order valence-electron chi connectivity index (χ0n) is 23.4. The normalized spacial score (nSPS) is 11.7. The number of hydrogen-bond donors (Lipinski definition) is 0. The molecule has 1 heterocycles. The third-order valence-electron chi connectivity index (χ3n) is 8.86. The first-order chi connectivity index (χ1) is 21.3. The first kappa shape index (κ1) is 24.0. The van der Waals surface area contributed by atoms with Gasteiger partial charge in [-0.05, 0) is 78.3 Å². The molecule has 0 N–H and O–H groups in total. The quantitative estimate of drug-likeness (QED) is 0.201. The summed E-state index contributed by atoms with van der Waals surface area (Å²) in [4.78, 5) is 0. The molecule has 0 fully saturated rings. The third-order valence-corrected chi connectivity index (χ3v) is 8.86. The maximum absolute atomic E-state index is 6.50.